The van der Waals surface area contributed by atoms with E-state index in [9.17, 15) is 14.3 Å². The summed E-state index contributed by atoms with van der Waals surface area (Å²) < 4.78 is 24.4. The lowest BCUT2D eigenvalue weighted by Crippen LogP contribution is -2.34. The van der Waals surface area contributed by atoms with E-state index in [1.165, 1.54) is 25.3 Å². The number of halogens is 1. The molecule has 0 radical (unpaired) electrons. The highest BCUT2D eigenvalue weighted by Crippen LogP contribution is 2.35. The Hall–Kier alpha value is -3.39. The molecule has 1 heterocycles. The molecule has 3 aromatic rings. The van der Waals surface area contributed by atoms with Gasteiger partial charge < -0.3 is 24.6 Å². The molecule has 0 saturated heterocycles. The first-order chi connectivity index (χ1) is 14.4. The molecular formula is C22H22FN3O4. The van der Waals surface area contributed by atoms with Crippen LogP contribution in [0.15, 0.2) is 47.0 Å². The predicted molar refractivity (Wildman–Crippen MR) is 109 cm³/mol. The van der Waals surface area contributed by atoms with Gasteiger partial charge in [-0.05, 0) is 29.3 Å². The molecule has 1 aliphatic carbocycles. The molecule has 0 aliphatic heterocycles. The zero-order chi connectivity index (χ0) is 21.4. The Morgan fingerprint density at radius 2 is 2.07 bits per heavy atom. The number of hydrogen-bond acceptors (Lipinski definition) is 6. The van der Waals surface area contributed by atoms with Crippen molar-refractivity contribution < 1.29 is 23.6 Å². The number of nitrogens with zero attached hydrogens (tertiary/aromatic N) is 2. The molecule has 2 aromatic carbocycles. The van der Waals surface area contributed by atoms with Gasteiger partial charge in [-0.15, -0.1) is 0 Å². The van der Waals surface area contributed by atoms with Gasteiger partial charge in [-0.25, -0.2) is 4.39 Å². The van der Waals surface area contributed by atoms with E-state index in [1.807, 2.05) is 24.3 Å². The highest BCUT2D eigenvalue weighted by molar-refractivity contribution is 6.04. The van der Waals surface area contributed by atoms with Crippen LogP contribution in [0.5, 0.6) is 5.75 Å². The minimum Gasteiger partial charge on any atom is -0.494 e. The second-order valence-electron chi connectivity index (χ2n) is 7.38. The SMILES string of the molecule is COc1cc(-c2onc(N(C)C)c2C(=O)N[C@@H]2c3ccccc3C[C@@H]2O)ccc1F. The molecule has 0 bridgehead atoms. The molecule has 156 valence electrons. The fourth-order valence-electron chi connectivity index (χ4n) is 3.75. The lowest BCUT2D eigenvalue weighted by atomic mass is 10.0. The molecule has 0 spiro atoms. The first-order valence-electron chi connectivity index (χ1n) is 9.48. The van der Waals surface area contributed by atoms with E-state index >= 15 is 0 Å². The summed E-state index contributed by atoms with van der Waals surface area (Å²) in [6.07, 6.45) is -0.267. The van der Waals surface area contributed by atoms with Crippen LogP contribution in [0.1, 0.15) is 27.5 Å². The molecule has 4 rings (SSSR count). The summed E-state index contributed by atoms with van der Waals surface area (Å²) in [7, 11) is 4.84. The predicted octanol–water partition coefficient (Wildman–Crippen LogP) is 2.94. The number of hydrogen-bond donors (Lipinski definition) is 2. The average Bonchev–Trinajstić information content (AvgIpc) is 3.30. The van der Waals surface area contributed by atoms with Gasteiger partial charge in [0.25, 0.3) is 5.91 Å². The number of carbonyl (C=O) groups excluding carboxylic acids is 1. The first kappa shape index (κ1) is 19.9. The minimum absolute atomic E-state index is 0.0294. The van der Waals surface area contributed by atoms with Crippen LogP contribution in [0.4, 0.5) is 10.2 Å². The Bertz CT molecular complexity index is 1100. The third-order valence-corrected chi connectivity index (χ3v) is 5.23. The molecular weight excluding hydrogens is 389 g/mol. The summed E-state index contributed by atoms with van der Waals surface area (Å²) >= 11 is 0. The minimum atomic E-state index is -0.733. The van der Waals surface area contributed by atoms with Crippen LogP contribution < -0.4 is 15.0 Å². The van der Waals surface area contributed by atoms with Gasteiger partial charge in [-0.1, -0.05) is 29.4 Å². The molecule has 0 fully saturated rings. The Morgan fingerprint density at radius 3 is 2.80 bits per heavy atom. The second kappa shape index (κ2) is 7.79. The largest absolute Gasteiger partial charge is 0.494 e. The number of aliphatic hydroxyl groups is 1. The van der Waals surface area contributed by atoms with Gasteiger partial charge in [0.15, 0.2) is 23.1 Å². The van der Waals surface area contributed by atoms with Crippen LogP contribution in [0, 0.1) is 5.82 Å². The van der Waals surface area contributed by atoms with Crippen molar-refractivity contribution in [3.05, 3.63) is 65.0 Å². The number of aromatic nitrogens is 1. The van der Waals surface area contributed by atoms with Gasteiger partial charge in [0.2, 0.25) is 0 Å². The van der Waals surface area contributed by atoms with E-state index in [0.717, 1.165) is 11.1 Å². The highest BCUT2D eigenvalue weighted by Gasteiger charge is 2.34. The monoisotopic (exact) mass is 411 g/mol. The van der Waals surface area contributed by atoms with Crippen molar-refractivity contribution in [2.75, 3.05) is 26.1 Å². The zero-order valence-electron chi connectivity index (χ0n) is 16.8. The number of aliphatic hydroxyl groups excluding tert-OH is 1. The summed E-state index contributed by atoms with van der Waals surface area (Å²) in [4.78, 5) is 15.0. The molecule has 2 N–H and O–H groups in total. The number of anilines is 1. The Labute approximate surface area is 173 Å². The van der Waals surface area contributed by atoms with Crippen LogP contribution in [-0.4, -0.2) is 43.5 Å². The second-order valence-corrected chi connectivity index (χ2v) is 7.38. The number of rotatable bonds is 5. The smallest absolute Gasteiger partial charge is 0.259 e. The average molecular weight is 411 g/mol. The molecule has 30 heavy (non-hydrogen) atoms. The number of methoxy groups -OCH3 is 1. The van der Waals surface area contributed by atoms with Crippen LogP contribution in [0.2, 0.25) is 0 Å². The van der Waals surface area contributed by atoms with Crippen molar-refractivity contribution in [3.63, 3.8) is 0 Å². The maximum atomic E-state index is 13.8. The van der Waals surface area contributed by atoms with E-state index in [4.69, 9.17) is 9.26 Å². The Morgan fingerprint density at radius 1 is 1.30 bits per heavy atom. The number of benzene rings is 2. The normalized spacial score (nSPS) is 17.5. The van der Waals surface area contributed by atoms with E-state index in [2.05, 4.69) is 10.5 Å². The third kappa shape index (κ3) is 3.39. The van der Waals surface area contributed by atoms with E-state index < -0.39 is 23.9 Å². The third-order valence-electron chi connectivity index (χ3n) is 5.23. The number of nitrogens with one attached hydrogen (secondary N) is 1. The van der Waals surface area contributed by atoms with Gasteiger partial charge in [-0.2, -0.15) is 0 Å². The van der Waals surface area contributed by atoms with E-state index in [-0.39, 0.29) is 17.1 Å². The van der Waals surface area contributed by atoms with Crippen LogP contribution in [0.3, 0.4) is 0 Å². The van der Waals surface area contributed by atoms with Crippen molar-refractivity contribution in [2.24, 2.45) is 0 Å². The fraction of sp³-hybridized carbons (Fsp3) is 0.273. The molecule has 0 saturated carbocycles. The summed E-state index contributed by atoms with van der Waals surface area (Å²) in [6, 6.07) is 11.2. The topological polar surface area (TPSA) is 87.8 Å². The summed E-state index contributed by atoms with van der Waals surface area (Å²) in [5.41, 5.74) is 2.53. The highest BCUT2D eigenvalue weighted by atomic mass is 19.1. The molecule has 8 heteroatoms. The molecule has 1 aliphatic rings. The maximum absolute atomic E-state index is 13.8. The van der Waals surface area contributed by atoms with Crippen LogP contribution >= 0.6 is 0 Å². The lowest BCUT2D eigenvalue weighted by Gasteiger charge is -2.19. The van der Waals surface area contributed by atoms with Gasteiger partial charge in [-0.3, -0.25) is 4.79 Å². The van der Waals surface area contributed by atoms with E-state index in [0.29, 0.717) is 17.8 Å². The lowest BCUT2D eigenvalue weighted by molar-refractivity contribution is 0.0859. The fourth-order valence-corrected chi connectivity index (χ4v) is 3.75. The molecule has 0 unspecified atom stereocenters. The van der Waals surface area contributed by atoms with Crippen molar-refractivity contribution in [3.8, 4) is 17.1 Å². The first-order valence-corrected chi connectivity index (χ1v) is 9.48. The number of fused-ring (bicyclic) bond motifs is 1. The van der Waals surface area contributed by atoms with Crippen molar-refractivity contribution >= 4 is 11.7 Å². The Balaban J connectivity index is 1.73. The standard InChI is InChI=1S/C22H22FN3O4/c1-26(2)21-18(20(30-25-21)13-8-9-15(23)17(11-13)29-3)22(28)24-19-14-7-5-4-6-12(14)10-16(19)27/h4-9,11,16,19,27H,10H2,1-3H3,(H,24,28)/t16-,19+/m0/s1. The van der Waals surface area contributed by atoms with Crippen molar-refractivity contribution in [2.45, 2.75) is 18.6 Å². The Kier molecular flexibility index (Phi) is 5.17. The van der Waals surface area contributed by atoms with Gasteiger partial charge >= 0.3 is 0 Å². The van der Waals surface area contributed by atoms with Crippen molar-refractivity contribution in [1.82, 2.24) is 10.5 Å². The quantitative estimate of drug-likeness (QED) is 0.671. The van der Waals surface area contributed by atoms with E-state index in [1.54, 1.807) is 19.0 Å². The summed E-state index contributed by atoms with van der Waals surface area (Å²) in [5, 5.41) is 17.4. The number of ether oxygens (including phenoxy) is 1. The molecule has 7 nitrogen and oxygen atoms in total. The van der Waals surface area contributed by atoms with Crippen LogP contribution in [-0.2, 0) is 6.42 Å². The van der Waals surface area contributed by atoms with Crippen molar-refractivity contribution in [1.29, 1.82) is 0 Å². The van der Waals surface area contributed by atoms with Gasteiger partial charge in [0.05, 0.1) is 19.3 Å². The summed E-state index contributed by atoms with van der Waals surface area (Å²) in [5.74, 6) is -0.423. The maximum Gasteiger partial charge on any atom is 0.259 e. The zero-order valence-corrected chi connectivity index (χ0v) is 16.8. The number of amides is 1. The van der Waals surface area contributed by atoms with Gasteiger partial charge in [0.1, 0.15) is 5.56 Å². The molecule has 1 amide bonds. The molecule has 1 aromatic heterocycles. The molecule has 2 atom stereocenters. The summed E-state index contributed by atoms with van der Waals surface area (Å²) in [6.45, 7) is 0. The number of carbonyl (C=O) groups is 1. The van der Waals surface area contributed by atoms with Crippen LogP contribution in [0.25, 0.3) is 11.3 Å². The van der Waals surface area contributed by atoms with Gasteiger partial charge in [0, 0.05) is 26.1 Å².